The Morgan fingerprint density at radius 3 is 2.74 bits per heavy atom. The van der Waals surface area contributed by atoms with Gasteiger partial charge in [-0.15, -0.1) is 0 Å². The Kier molecular flexibility index (Phi) is 5.02. The Bertz CT molecular complexity index is 566. The van der Waals surface area contributed by atoms with Gasteiger partial charge in [-0.05, 0) is 24.1 Å². The highest BCUT2D eigenvalue weighted by Gasteiger charge is 2.06. The number of halogens is 2. The third-order valence-electron chi connectivity index (χ3n) is 2.97. The molecule has 0 saturated carbocycles. The average molecular weight is 343 g/mol. The van der Waals surface area contributed by atoms with Crippen LogP contribution < -0.4 is 5.32 Å². The standard InChI is InChI=1S/C14H17BrClN3/c1-3-14-11(9-19(2)18-14)8-17-7-10-4-5-12(16)6-13(10)15/h4-6,9,17H,3,7-8H2,1-2H3. The molecule has 2 aromatic rings. The van der Waals surface area contributed by atoms with Crippen molar-refractivity contribution >= 4 is 27.5 Å². The molecule has 0 radical (unpaired) electrons. The first-order valence-electron chi connectivity index (χ1n) is 6.26. The summed E-state index contributed by atoms with van der Waals surface area (Å²) in [4.78, 5) is 0. The summed E-state index contributed by atoms with van der Waals surface area (Å²) in [5.74, 6) is 0. The quantitative estimate of drug-likeness (QED) is 0.898. The van der Waals surface area contributed by atoms with Gasteiger partial charge in [-0.2, -0.15) is 5.10 Å². The Balaban J connectivity index is 1.96. The molecule has 0 aliphatic heterocycles. The van der Waals surface area contributed by atoms with E-state index in [1.165, 1.54) is 11.1 Å². The molecule has 2 rings (SSSR count). The molecule has 1 N–H and O–H groups in total. The molecule has 5 heteroatoms. The van der Waals surface area contributed by atoms with Gasteiger partial charge in [-0.25, -0.2) is 0 Å². The van der Waals surface area contributed by atoms with Crippen LogP contribution in [0.25, 0.3) is 0 Å². The molecule has 0 aliphatic rings. The Labute approximate surface area is 127 Å². The molecular formula is C14H17BrClN3. The molecule has 0 saturated heterocycles. The predicted molar refractivity (Wildman–Crippen MR) is 82.3 cm³/mol. The van der Waals surface area contributed by atoms with E-state index in [2.05, 4.69) is 39.5 Å². The van der Waals surface area contributed by atoms with Crippen LogP contribution in [0.4, 0.5) is 0 Å². The number of aromatic nitrogens is 2. The zero-order chi connectivity index (χ0) is 13.8. The van der Waals surface area contributed by atoms with E-state index in [1.54, 1.807) is 0 Å². The van der Waals surface area contributed by atoms with Gasteiger partial charge in [0.25, 0.3) is 0 Å². The summed E-state index contributed by atoms with van der Waals surface area (Å²) in [7, 11) is 1.96. The topological polar surface area (TPSA) is 29.9 Å². The first-order chi connectivity index (χ1) is 9.10. The van der Waals surface area contributed by atoms with E-state index in [0.717, 1.165) is 34.7 Å². The molecular weight excluding hydrogens is 326 g/mol. The molecule has 0 amide bonds. The molecule has 1 aromatic carbocycles. The van der Waals surface area contributed by atoms with Crippen molar-refractivity contribution in [3.8, 4) is 0 Å². The van der Waals surface area contributed by atoms with Crippen molar-refractivity contribution in [3.63, 3.8) is 0 Å². The summed E-state index contributed by atoms with van der Waals surface area (Å²) >= 11 is 9.45. The average Bonchev–Trinajstić information content (AvgIpc) is 2.72. The van der Waals surface area contributed by atoms with E-state index in [4.69, 9.17) is 11.6 Å². The Morgan fingerprint density at radius 1 is 1.32 bits per heavy atom. The number of rotatable bonds is 5. The maximum Gasteiger partial charge on any atom is 0.0666 e. The fraction of sp³-hybridized carbons (Fsp3) is 0.357. The van der Waals surface area contributed by atoms with Crippen molar-refractivity contribution in [2.45, 2.75) is 26.4 Å². The fourth-order valence-electron chi connectivity index (χ4n) is 2.03. The zero-order valence-electron chi connectivity index (χ0n) is 11.1. The molecule has 0 atom stereocenters. The van der Waals surface area contributed by atoms with Crippen molar-refractivity contribution in [1.29, 1.82) is 0 Å². The summed E-state index contributed by atoms with van der Waals surface area (Å²) in [6, 6.07) is 5.86. The number of hydrogen-bond donors (Lipinski definition) is 1. The molecule has 1 aromatic heterocycles. The minimum Gasteiger partial charge on any atom is -0.308 e. The highest BCUT2D eigenvalue weighted by atomic mass is 79.9. The van der Waals surface area contributed by atoms with Crippen LogP contribution in [0.2, 0.25) is 5.02 Å². The molecule has 0 aliphatic carbocycles. The largest absolute Gasteiger partial charge is 0.308 e. The molecule has 0 spiro atoms. The van der Waals surface area contributed by atoms with E-state index in [-0.39, 0.29) is 0 Å². The lowest BCUT2D eigenvalue weighted by atomic mass is 10.2. The van der Waals surface area contributed by atoms with Gasteiger partial charge in [0.1, 0.15) is 0 Å². The SMILES string of the molecule is CCc1nn(C)cc1CNCc1ccc(Cl)cc1Br. The number of benzene rings is 1. The van der Waals surface area contributed by atoms with Crippen LogP contribution in [0.5, 0.6) is 0 Å². The van der Waals surface area contributed by atoms with Crippen LogP contribution in [0.1, 0.15) is 23.7 Å². The number of nitrogens with zero attached hydrogens (tertiary/aromatic N) is 2. The predicted octanol–water partition coefficient (Wildman–Crippen LogP) is 3.69. The maximum atomic E-state index is 5.93. The Hall–Kier alpha value is -0.840. The second-order valence-corrected chi connectivity index (χ2v) is 5.76. The van der Waals surface area contributed by atoms with Gasteiger partial charge in [0.2, 0.25) is 0 Å². The Morgan fingerprint density at radius 2 is 2.05 bits per heavy atom. The second-order valence-electron chi connectivity index (χ2n) is 4.47. The van der Waals surface area contributed by atoms with E-state index in [0.29, 0.717) is 0 Å². The summed E-state index contributed by atoms with van der Waals surface area (Å²) in [5.41, 5.74) is 3.62. The molecule has 3 nitrogen and oxygen atoms in total. The summed E-state index contributed by atoms with van der Waals surface area (Å²) in [6.45, 7) is 3.75. The lowest BCUT2D eigenvalue weighted by Crippen LogP contribution is -2.13. The molecule has 19 heavy (non-hydrogen) atoms. The monoisotopic (exact) mass is 341 g/mol. The summed E-state index contributed by atoms with van der Waals surface area (Å²) in [5, 5.41) is 8.62. The van der Waals surface area contributed by atoms with E-state index in [1.807, 2.05) is 29.9 Å². The van der Waals surface area contributed by atoms with Crippen molar-refractivity contribution in [1.82, 2.24) is 15.1 Å². The lowest BCUT2D eigenvalue weighted by Gasteiger charge is -2.07. The van der Waals surface area contributed by atoms with Crippen LogP contribution in [0.3, 0.4) is 0 Å². The van der Waals surface area contributed by atoms with Crippen molar-refractivity contribution in [2.75, 3.05) is 0 Å². The van der Waals surface area contributed by atoms with Crippen LogP contribution >= 0.6 is 27.5 Å². The number of aryl methyl sites for hydroxylation is 2. The van der Waals surface area contributed by atoms with Gasteiger partial charge in [0.15, 0.2) is 0 Å². The third kappa shape index (κ3) is 3.81. The van der Waals surface area contributed by atoms with Crippen LogP contribution in [0, 0.1) is 0 Å². The molecule has 0 bridgehead atoms. The van der Waals surface area contributed by atoms with E-state index < -0.39 is 0 Å². The van der Waals surface area contributed by atoms with Crippen molar-refractivity contribution in [2.24, 2.45) is 7.05 Å². The van der Waals surface area contributed by atoms with Gasteiger partial charge in [-0.3, -0.25) is 4.68 Å². The maximum absolute atomic E-state index is 5.93. The van der Waals surface area contributed by atoms with Crippen LogP contribution in [0.15, 0.2) is 28.9 Å². The summed E-state index contributed by atoms with van der Waals surface area (Å²) < 4.78 is 2.91. The third-order valence-corrected chi connectivity index (χ3v) is 3.95. The highest BCUT2D eigenvalue weighted by Crippen LogP contribution is 2.21. The van der Waals surface area contributed by atoms with Crippen LogP contribution in [-0.2, 0) is 26.6 Å². The molecule has 0 unspecified atom stereocenters. The van der Waals surface area contributed by atoms with E-state index >= 15 is 0 Å². The second kappa shape index (κ2) is 6.55. The number of hydrogen-bond acceptors (Lipinski definition) is 2. The molecule has 0 fully saturated rings. The van der Waals surface area contributed by atoms with Crippen molar-refractivity contribution < 1.29 is 0 Å². The molecule has 1 heterocycles. The van der Waals surface area contributed by atoms with Crippen molar-refractivity contribution in [3.05, 3.63) is 50.7 Å². The van der Waals surface area contributed by atoms with Gasteiger partial charge < -0.3 is 5.32 Å². The normalized spacial score (nSPS) is 10.9. The van der Waals surface area contributed by atoms with Gasteiger partial charge in [0, 0.05) is 41.4 Å². The van der Waals surface area contributed by atoms with Gasteiger partial charge in [0.05, 0.1) is 5.69 Å². The lowest BCUT2D eigenvalue weighted by molar-refractivity contribution is 0.686. The first kappa shape index (κ1) is 14.6. The van der Waals surface area contributed by atoms with E-state index in [9.17, 15) is 0 Å². The van der Waals surface area contributed by atoms with Gasteiger partial charge >= 0.3 is 0 Å². The minimum atomic E-state index is 0.746. The minimum absolute atomic E-state index is 0.746. The zero-order valence-corrected chi connectivity index (χ0v) is 13.4. The first-order valence-corrected chi connectivity index (χ1v) is 7.43. The summed E-state index contributed by atoms with van der Waals surface area (Å²) in [6.07, 6.45) is 3.03. The van der Waals surface area contributed by atoms with Crippen LogP contribution in [-0.4, -0.2) is 9.78 Å². The van der Waals surface area contributed by atoms with Gasteiger partial charge in [-0.1, -0.05) is 40.5 Å². The molecule has 102 valence electrons. The fourth-order valence-corrected chi connectivity index (χ4v) is 2.85. The smallest absolute Gasteiger partial charge is 0.0666 e. The highest BCUT2D eigenvalue weighted by molar-refractivity contribution is 9.10. The number of nitrogens with one attached hydrogen (secondary N) is 1.